The van der Waals surface area contributed by atoms with E-state index in [0.717, 1.165) is 57.7 Å². The van der Waals surface area contributed by atoms with Gasteiger partial charge in [0, 0.05) is 50.9 Å². The summed E-state index contributed by atoms with van der Waals surface area (Å²) in [4.78, 5) is 21.3. The number of carbonyl (C=O) groups is 1. The maximum Gasteiger partial charge on any atom is 0.251 e. The number of pyridine rings is 1. The van der Waals surface area contributed by atoms with Gasteiger partial charge in [-0.15, -0.1) is 0 Å². The number of aromatic nitrogens is 1. The SMILES string of the molecule is O=C(C1CCCO1)N1CCN(Cc2cccc3cccnc23)CC1. The van der Waals surface area contributed by atoms with Crippen LogP contribution >= 0.6 is 0 Å². The third kappa shape index (κ3) is 3.14. The standard InChI is InChI=1S/C19H23N3O2/c23-19(17-7-3-13-24-17)22-11-9-21(10-12-22)14-16-5-1-4-15-6-2-8-20-18(15)16/h1-2,4-6,8,17H,3,7,9-14H2. The molecule has 2 aliphatic rings. The van der Waals surface area contributed by atoms with Crippen molar-refractivity contribution in [3.63, 3.8) is 0 Å². The molecular weight excluding hydrogens is 302 g/mol. The fourth-order valence-electron chi connectivity index (χ4n) is 3.64. The van der Waals surface area contributed by atoms with Crippen LogP contribution in [0.2, 0.25) is 0 Å². The van der Waals surface area contributed by atoms with Crippen molar-refractivity contribution < 1.29 is 9.53 Å². The third-order valence-electron chi connectivity index (χ3n) is 5.00. The van der Waals surface area contributed by atoms with Gasteiger partial charge in [0.05, 0.1) is 5.52 Å². The van der Waals surface area contributed by atoms with Crippen LogP contribution in [0.25, 0.3) is 10.9 Å². The highest BCUT2D eigenvalue weighted by atomic mass is 16.5. The first-order chi connectivity index (χ1) is 11.8. The average molecular weight is 325 g/mol. The summed E-state index contributed by atoms with van der Waals surface area (Å²) in [5.74, 6) is 0.180. The highest BCUT2D eigenvalue weighted by molar-refractivity contribution is 5.82. The first-order valence-electron chi connectivity index (χ1n) is 8.76. The molecule has 5 nitrogen and oxygen atoms in total. The smallest absolute Gasteiger partial charge is 0.251 e. The molecule has 126 valence electrons. The first-order valence-corrected chi connectivity index (χ1v) is 8.76. The quantitative estimate of drug-likeness (QED) is 0.866. The predicted molar refractivity (Wildman–Crippen MR) is 92.6 cm³/mol. The minimum absolute atomic E-state index is 0.180. The van der Waals surface area contributed by atoms with Gasteiger partial charge in [-0.3, -0.25) is 14.7 Å². The molecule has 0 spiro atoms. The molecule has 2 aliphatic heterocycles. The van der Waals surface area contributed by atoms with E-state index >= 15 is 0 Å². The molecule has 24 heavy (non-hydrogen) atoms. The Morgan fingerprint density at radius 2 is 2.00 bits per heavy atom. The van der Waals surface area contributed by atoms with Crippen molar-refractivity contribution >= 4 is 16.8 Å². The van der Waals surface area contributed by atoms with Gasteiger partial charge in [-0.1, -0.05) is 24.3 Å². The molecule has 4 rings (SSSR count). The second kappa shape index (κ2) is 6.87. The lowest BCUT2D eigenvalue weighted by Crippen LogP contribution is -2.51. The largest absolute Gasteiger partial charge is 0.368 e. The number of piperazine rings is 1. The number of ether oxygens (including phenoxy) is 1. The van der Waals surface area contributed by atoms with Gasteiger partial charge in [0.15, 0.2) is 0 Å². The Morgan fingerprint density at radius 3 is 2.79 bits per heavy atom. The molecule has 1 aromatic carbocycles. The molecular formula is C19H23N3O2. The van der Waals surface area contributed by atoms with Crippen LogP contribution in [0.4, 0.5) is 0 Å². The second-order valence-corrected chi connectivity index (χ2v) is 6.60. The Bertz CT molecular complexity index is 714. The molecule has 0 radical (unpaired) electrons. The summed E-state index contributed by atoms with van der Waals surface area (Å²) in [7, 11) is 0. The fourth-order valence-corrected chi connectivity index (χ4v) is 3.64. The molecule has 2 aromatic rings. The van der Waals surface area contributed by atoms with Crippen LogP contribution < -0.4 is 0 Å². The molecule has 2 saturated heterocycles. The number of hydrogen-bond donors (Lipinski definition) is 0. The molecule has 1 aromatic heterocycles. The van der Waals surface area contributed by atoms with Gasteiger partial charge < -0.3 is 9.64 Å². The van der Waals surface area contributed by atoms with Crippen LogP contribution in [0.15, 0.2) is 36.5 Å². The molecule has 2 fully saturated rings. The Labute approximate surface area is 142 Å². The monoisotopic (exact) mass is 325 g/mol. The van der Waals surface area contributed by atoms with E-state index in [9.17, 15) is 4.79 Å². The highest BCUT2D eigenvalue weighted by Gasteiger charge is 2.30. The summed E-state index contributed by atoms with van der Waals surface area (Å²) >= 11 is 0. The molecule has 1 amide bonds. The predicted octanol–water partition coefficient (Wildman–Crippen LogP) is 2.06. The van der Waals surface area contributed by atoms with E-state index in [1.807, 2.05) is 17.2 Å². The van der Waals surface area contributed by atoms with Gasteiger partial charge in [-0.05, 0) is 24.5 Å². The van der Waals surface area contributed by atoms with E-state index in [-0.39, 0.29) is 12.0 Å². The van der Waals surface area contributed by atoms with Crippen molar-refractivity contribution in [2.24, 2.45) is 0 Å². The number of fused-ring (bicyclic) bond motifs is 1. The summed E-state index contributed by atoms with van der Waals surface area (Å²) in [6.45, 7) is 5.00. The Balaban J connectivity index is 1.38. The summed E-state index contributed by atoms with van der Waals surface area (Å²) in [5, 5.41) is 1.18. The van der Waals surface area contributed by atoms with Crippen LogP contribution in [0.5, 0.6) is 0 Å². The van der Waals surface area contributed by atoms with Gasteiger partial charge in [-0.25, -0.2) is 0 Å². The van der Waals surface area contributed by atoms with Crippen LogP contribution in [0.1, 0.15) is 18.4 Å². The van der Waals surface area contributed by atoms with Gasteiger partial charge in [0.2, 0.25) is 0 Å². The second-order valence-electron chi connectivity index (χ2n) is 6.60. The lowest BCUT2D eigenvalue weighted by molar-refractivity contribution is -0.142. The summed E-state index contributed by atoms with van der Waals surface area (Å²) in [5.41, 5.74) is 2.34. The number of rotatable bonds is 3. The number of amides is 1. The number of carbonyl (C=O) groups excluding carboxylic acids is 1. The van der Waals surface area contributed by atoms with Crippen molar-refractivity contribution in [3.8, 4) is 0 Å². The highest BCUT2D eigenvalue weighted by Crippen LogP contribution is 2.20. The van der Waals surface area contributed by atoms with Gasteiger partial charge in [-0.2, -0.15) is 0 Å². The zero-order chi connectivity index (χ0) is 16.4. The number of hydrogen-bond acceptors (Lipinski definition) is 4. The summed E-state index contributed by atoms with van der Waals surface area (Å²) < 4.78 is 5.53. The molecule has 0 N–H and O–H groups in total. The minimum atomic E-state index is -0.196. The zero-order valence-corrected chi connectivity index (χ0v) is 13.9. The molecule has 5 heteroatoms. The van der Waals surface area contributed by atoms with Gasteiger partial charge in [0.25, 0.3) is 5.91 Å². The zero-order valence-electron chi connectivity index (χ0n) is 13.9. The summed E-state index contributed by atoms with van der Waals surface area (Å²) in [6, 6.07) is 10.4. The van der Waals surface area contributed by atoms with Crippen molar-refractivity contribution in [1.82, 2.24) is 14.8 Å². The molecule has 3 heterocycles. The molecule has 1 unspecified atom stereocenters. The lowest BCUT2D eigenvalue weighted by atomic mass is 10.1. The Morgan fingerprint density at radius 1 is 1.17 bits per heavy atom. The fraction of sp³-hybridized carbons (Fsp3) is 0.474. The molecule has 0 saturated carbocycles. The first kappa shape index (κ1) is 15.5. The Hall–Kier alpha value is -1.98. The maximum absolute atomic E-state index is 12.4. The van der Waals surface area contributed by atoms with Crippen LogP contribution in [0.3, 0.4) is 0 Å². The molecule has 0 aliphatic carbocycles. The van der Waals surface area contributed by atoms with E-state index < -0.39 is 0 Å². The van der Waals surface area contributed by atoms with E-state index in [4.69, 9.17) is 4.74 Å². The number of nitrogens with zero attached hydrogens (tertiary/aromatic N) is 3. The number of para-hydroxylation sites is 1. The number of benzene rings is 1. The third-order valence-corrected chi connectivity index (χ3v) is 5.00. The van der Waals surface area contributed by atoms with E-state index in [2.05, 4.69) is 34.1 Å². The lowest BCUT2D eigenvalue weighted by Gasteiger charge is -2.35. The molecule has 1 atom stereocenters. The van der Waals surface area contributed by atoms with Crippen molar-refractivity contribution in [2.75, 3.05) is 32.8 Å². The van der Waals surface area contributed by atoms with Crippen molar-refractivity contribution in [2.45, 2.75) is 25.5 Å². The van der Waals surface area contributed by atoms with Gasteiger partial charge >= 0.3 is 0 Å². The normalized spacial score (nSPS) is 22.2. The van der Waals surface area contributed by atoms with Gasteiger partial charge in [0.1, 0.15) is 6.10 Å². The minimum Gasteiger partial charge on any atom is -0.368 e. The van der Waals surface area contributed by atoms with Crippen molar-refractivity contribution in [3.05, 3.63) is 42.1 Å². The summed E-state index contributed by atoms with van der Waals surface area (Å²) in [6.07, 6.45) is 3.54. The van der Waals surface area contributed by atoms with Crippen molar-refractivity contribution in [1.29, 1.82) is 0 Å². The van der Waals surface area contributed by atoms with Crippen LogP contribution in [0, 0.1) is 0 Å². The van der Waals surface area contributed by atoms with E-state index in [0.29, 0.717) is 0 Å². The maximum atomic E-state index is 12.4. The van der Waals surface area contributed by atoms with Crippen LogP contribution in [-0.4, -0.2) is 59.6 Å². The van der Waals surface area contributed by atoms with Crippen LogP contribution in [-0.2, 0) is 16.1 Å². The molecule has 0 bridgehead atoms. The topological polar surface area (TPSA) is 45.7 Å². The van der Waals surface area contributed by atoms with E-state index in [1.54, 1.807) is 0 Å². The Kier molecular flexibility index (Phi) is 4.45. The van der Waals surface area contributed by atoms with E-state index in [1.165, 1.54) is 10.9 Å². The average Bonchev–Trinajstić information content (AvgIpc) is 3.17.